The Morgan fingerprint density at radius 3 is 2.38 bits per heavy atom. The summed E-state index contributed by atoms with van der Waals surface area (Å²) in [5, 5.41) is 10.8. The van der Waals surface area contributed by atoms with Crippen molar-refractivity contribution in [2.24, 2.45) is 0 Å². The zero-order valence-electron chi connectivity index (χ0n) is 8.22. The predicted molar refractivity (Wildman–Crippen MR) is 57.7 cm³/mol. The van der Waals surface area contributed by atoms with E-state index in [2.05, 4.69) is 12.2 Å². The summed E-state index contributed by atoms with van der Waals surface area (Å²) in [5.74, 6) is 0. The first-order valence-electron chi connectivity index (χ1n) is 4.63. The minimum absolute atomic E-state index is 0.727. The maximum atomic E-state index is 7.74. The minimum atomic E-state index is 0.727. The summed E-state index contributed by atoms with van der Waals surface area (Å²) >= 11 is 0. The Balaban J connectivity index is 2.74. The average Bonchev–Trinajstić information content (AvgIpc) is 2.18. The molecule has 0 bridgehead atoms. The SMILES string of the molecule is CCCC(=N)c1ccc(NC)cc1. The van der Waals surface area contributed by atoms with Gasteiger partial charge in [0.15, 0.2) is 0 Å². The molecule has 0 fully saturated rings. The predicted octanol–water partition coefficient (Wildman–Crippen LogP) is 2.90. The van der Waals surface area contributed by atoms with Crippen LogP contribution in [-0.4, -0.2) is 12.8 Å². The lowest BCUT2D eigenvalue weighted by Crippen LogP contribution is -1.98. The Kier molecular flexibility index (Phi) is 3.50. The third-order valence-electron chi connectivity index (χ3n) is 2.02. The van der Waals surface area contributed by atoms with E-state index in [9.17, 15) is 0 Å². The van der Waals surface area contributed by atoms with Crippen LogP contribution in [0.4, 0.5) is 5.69 Å². The molecule has 13 heavy (non-hydrogen) atoms. The highest BCUT2D eigenvalue weighted by atomic mass is 14.8. The molecule has 0 aliphatic rings. The summed E-state index contributed by atoms with van der Waals surface area (Å²) in [5.41, 5.74) is 2.85. The first-order valence-corrected chi connectivity index (χ1v) is 4.63. The van der Waals surface area contributed by atoms with Crippen LogP contribution in [0.25, 0.3) is 0 Å². The van der Waals surface area contributed by atoms with Crippen LogP contribution >= 0.6 is 0 Å². The maximum Gasteiger partial charge on any atom is 0.0386 e. The van der Waals surface area contributed by atoms with Gasteiger partial charge >= 0.3 is 0 Å². The van der Waals surface area contributed by atoms with E-state index in [0.717, 1.165) is 29.8 Å². The second-order valence-electron chi connectivity index (χ2n) is 3.06. The van der Waals surface area contributed by atoms with Crippen LogP contribution in [0, 0.1) is 5.41 Å². The van der Waals surface area contributed by atoms with E-state index < -0.39 is 0 Å². The first kappa shape index (κ1) is 9.78. The van der Waals surface area contributed by atoms with E-state index >= 15 is 0 Å². The number of rotatable bonds is 4. The zero-order valence-corrected chi connectivity index (χ0v) is 8.22. The van der Waals surface area contributed by atoms with Crippen LogP contribution < -0.4 is 5.32 Å². The summed E-state index contributed by atoms with van der Waals surface area (Å²) in [6.45, 7) is 2.09. The largest absolute Gasteiger partial charge is 0.388 e. The van der Waals surface area contributed by atoms with Crippen molar-refractivity contribution in [2.75, 3.05) is 12.4 Å². The molecule has 0 unspecified atom stereocenters. The van der Waals surface area contributed by atoms with Crippen molar-refractivity contribution in [2.45, 2.75) is 19.8 Å². The second kappa shape index (κ2) is 4.65. The maximum absolute atomic E-state index is 7.74. The van der Waals surface area contributed by atoms with Gasteiger partial charge in [-0.1, -0.05) is 25.5 Å². The highest BCUT2D eigenvalue weighted by Crippen LogP contribution is 2.10. The topological polar surface area (TPSA) is 35.9 Å². The molecule has 0 aliphatic carbocycles. The smallest absolute Gasteiger partial charge is 0.0386 e. The quantitative estimate of drug-likeness (QED) is 0.680. The van der Waals surface area contributed by atoms with Crippen molar-refractivity contribution in [1.82, 2.24) is 0 Å². The lowest BCUT2D eigenvalue weighted by Gasteiger charge is -2.04. The van der Waals surface area contributed by atoms with Gasteiger partial charge in [-0.2, -0.15) is 0 Å². The zero-order chi connectivity index (χ0) is 9.68. The van der Waals surface area contributed by atoms with Crippen LogP contribution in [-0.2, 0) is 0 Å². The van der Waals surface area contributed by atoms with Crippen LogP contribution in [0.3, 0.4) is 0 Å². The minimum Gasteiger partial charge on any atom is -0.388 e. The molecule has 0 heterocycles. The van der Waals surface area contributed by atoms with E-state index in [4.69, 9.17) is 5.41 Å². The number of benzene rings is 1. The fraction of sp³-hybridized carbons (Fsp3) is 0.364. The number of hydrogen-bond acceptors (Lipinski definition) is 2. The molecule has 0 radical (unpaired) electrons. The molecule has 0 spiro atoms. The highest BCUT2D eigenvalue weighted by Gasteiger charge is 1.98. The Morgan fingerprint density at radius 1 is 1.31 bits per heavy atom. The molecule has 1 rings (SSSR count). The molecule has 2 heteroatoms. The molecule has 0 amide bonds. The highest BCUT2D eigenvalue weighted by molar-refractivity contribution is 5.98. The summed E-state index contributed by atoms with van der Waals surface area (Å²) in [7, 11) is 1.90. The lowest BCUT2D eigenvalue weighted by molar-refractivity contribution is 0.986. The average molecular weight is 176 g/mol. The molecular formula is C11H16N2. The molecule has 0 aromatic heterocycles. The van der Waals surface area contributed by atoms with Gasteiger partial charge in [0.05, 0.1) is 0 Å². The molecule has 0 saturated carbocycles. The van der Waals surface area contributed by atoms with E-state index in [1.165, 1.54) is 0 Å². The van der Waals surface area contributed by atoms with E-state index in [0.29, 0.717) is 0 Å². The van der Waals surface area contributed by atoms with Gasteiger partial charge in [-0.05, 0) is 24.1 Å². The van der Waals surface area contributed by atoms with Crippen molar-refractivity contribution in [3.8, 4) is 0 Å². The van der Waals surface area contributed by atoms with Gasteiger partial charge in [0, 0.05) is 18.4 Å². The summed E-state index contributed by atoms with van der Waals surface area (Å²) < 4.78 is 0. The molecule has 2 N–H and O–H groups in total. The number of nitrogens with one attached hydrogen (secondary N) is 2. The van der Waals surface area contributed by atoms with E-state index in [1.54, 1.807) is 0 Å². The Hall–Kier alpha value is -1.31. The van der Waals surface area contributed by atoms with E-state index in [-0.39, 0.29) is 0 Å². The van der Waals surface area contributed by atoms with Gasteiger partial charge in [0.2, 0.25) is 0 Å². The Bertz CT molecular complexity index is 275. The normalized spacial score (nSPS) is 9.69. The monoisotopic (exact) mass is 176 g/mol. The van der Waals surface area contributed by atoms with Crippen molar-refractivity contribution >= 4 is 11.4 Å². The van der Waals surface area contributed by atoms with Crippen molar-refractivity contribution in [3.63, 3.8) is 0 Å². The van der Waals surface area contributed by atoms with Gasteiger partial charge in [0.25, 0.3) is 0 Å². The molecule has 0 saturated heterocycles. The molecular weight excluding hydrogens is 160 g/mol. The fourth-order valence-corrected chi connectivity index (χ4v) is 1.23. The van der Waals surface area contributed by atoms with Crippen LogP contribution in [0.2, 0.25) is 0 Å². The van der Waals surface area contributed by atoms with Crippen LogP contribution in [0.15, 0.2) is 24.3 Å². The van der Waals surface area contributed by atoms with Gasteiger partial charge in [-0.3, -0.25) is 0 Å². The Morgan fingerprint density at radius 2 is 1.92 bits per heavy atom. The van der Waals surface area contributed by atoms with Gasteiger partial charge in [0.1, 0.15) is 0 Å². The lowest BCUT2D eigenvalue weighted by atomic mass is 10.1. The molecule has 0 aliphatic heterocycles. The fourth-order valence-electron chi connectivity index (χ4n) is 1.23. The number of hydrogen-bond donors (Lipinski definition) is 2. The molecule has 1 aromatic carbocycles. The second-order valence-corrected chi connectivity index (χ2v) is 3.06. The van der Waals surface area contributed by atoms with Crippen LogP contribution in [0.5, 0.6) is 0 Å². The van der Waals surface area contributed by atoms with Crippen LogP contribution in [0.1, 0.15) is 25.3 Å². The third-order valence-corrected chi connectivity index (χ3v) is 2.02. The van der Waals surface area contributed by atoms with E-state index in [1.807, 2.05) is 31.3 Å². The van der Waals surface area contributed by atoms with Crippen molar-refractivity contribution in [3.05, 3.63) is 29.8 Å². The standard InChI is InChI=1S/C11H16N2/c1-3-4-11(12)9-5-7-10(13-2)8-6-9/h5-8,12-13H,3-4H2,1-2H3. The summed E-state index contributed by atoms with van der Waals surface area (Å²) in [6.07, 6.45) is 1.89. The van der Waals surface area contributed by atoms with Crippen molar-refractivity contribution < 1.29 is 0 Å². The van der Waals surface area contributed by atoms with Crippen molar-refractivity contribution in [1.29, 1.82) is 5.41 Å². The molecule has 70 valence electrons. The van der Waals surface area contributed by atoms with Gasteiger partial charge in [-0.15, -0.1) is 0 Å². The summed E-state index contributed by atoms with van der Waals surface area (Å²) in [4.78, 5) is 0. The molecule has 0 atom stereocenters. The first-order chi connectivity index (χ1) is 6.27. The summed E-state index contributed by atoms with van der Waals surface area (Å²) in [6, 6.07) is 7.98. The molecule has 2 nitrogen and oxygen atoms in total. The Labute approximate surface area is 79.5 Å². The van der Waals surface area contributed by atoms with Gasteiger partial charge in [-0.25, -0.2) is 0 Å². The number of anilines is 1. The van der Waals surface area contributed by atoms with Gasteiger partial charge < -0.3 is 10.7 Å². The third kappa shape index (κ3) is 2.58. The molecule has 1 aromatic rings.